The molecule has 1 amide bonds. The van der Waals surface area contributed by atoms with Crippen LogP contribution in [-0.4, -0.2) is 10.9 Å². The third-order valence-electron chi connectivity index (χ3n) is 4.68. The lowest BCUT2D eigenvalue weighted by molar-refractivity contribution is 0.0941. The number of hydrogen-bond donors (Lipinski definition) is 1. The van der Waals surface area contributed by atoms with Gasteiger partial charge < -0.3 is 5.32 Å². The molecule has 3 aromatic carbocycles. The first-order valence-corrected chi connectivity index (χ1v) is 9.03. The van der Waals surface area contributed by atoms with Crippen molar-refractivity contribution < 1.29 is 4.79 Å². The number of rotatable bonds is 4. The first-order chi connectivity index (χ1) is 13.2. The highest BCUT2D eigenvalue weighted by Gasteiger charge is 2.16. The molecule has 0 aliphatic heterocycles. The van der Waals surface area contributed by atoms with E-state index in [1.54, 1.807) is 0 Å². The second-order valence-electron chi connectivity index (χ2n) is 6.54. The Balaban J connectivity index is 1.74. The van der Waals surface area contributed by atoms with Crippen LogP contribution in [0, 0.1) is 0 Å². The number of nitrogens with one attached hydrogen (secondary N) is 1. The highest BCUT2D eigenvalue weighted by Crippen LogP contribution is 2.25. The normalized spacial score (nSPS) is 11.9. The highest BCUT2D eigenvalue weighted by molar-refractivity contribution is 6.07. The Morgan fingerprint density at radius 3 is 2.22 bits per heavy atom. The Kier molecular flexibility index (Phi) is 4.67. The van der Waals surface area contributed by atoms with Gasteiger partial charge in [0.1, 0.15) is 0 Å². The number of para-hydroxylation sites is 1. The van der Waals surface area contributed by atoms with Crippen LogP contribution in [0.3, 0.4) is 0 Å². The Morgan fingerprint density at radius 1 is 0.852 bits per heavy atom. The van der Waals surface area contributed by atoms with Crippen LogP contribution >= 0.6 is 0 Å². The smallest absolute Gasteiger partial charge is 0.252 e. The largest absolute Gasteiger partial charge is 0.345 e. The number of pyridine rings is 1. The summed E-state index contributed by atoms with van der Waals surface area (Å²) >= 11 is 0. The Bertz CT molecular complexity index is 1080. The summed E-state index contributed by atoms with van der Waals surface area (Å²) in [5.74, 6) is -0.0952. The van der Waals surface area contributed by atoms with E-state index in [-0.39, 0.29) is 11.9 Å². The van der Waals surface area contributed by atoms with Crippen LogP contribution in [0.25, 0.3) is 22.2 Å². The number of carbonyl (C=O) groups excluding carboxylic acids is 1. The molecular formula is C24H20N2O. The average Bonchev–Trinajstić information content (AvgIpc) is 2.74. The lowest BCUT2D eigenvalue weighted by atomic mass is 10.0. The van der Waals surface area contributed by atoms with Crippen LogP contribution in [0.1, 0.15) is 28.9 Å². The van der Waals surface area contributed by atoms with Crippen molar-refractivity contribution >= 4 is 16.8 Å². The fraction of sp³-hybridized carbons (Fsp3) is 0.0833. The van der Waals surface area contributed by atoms with Crippen molar-refractivity contribution in [3.63, 3.8) is 0 Å². The van der Waals surface area contributed by atoms with Gasteiger partial charge in [-0.15, -0.1) is 0 Å². The lowest BCUT2D eigenvalue weighted by Gasteiger charge is -2.16. The summed E-state index contributed by atoms with van der Waals surface area (Å²) < 4.78 is 0. The van der Waals surface area contributed by atoms with Crippen LogP contribution in [0.4, 0.5) is 0 Å². The molecule has 0 radical (unpaired) electrons. The molecule has 4 aromatic rings. The summed E-state index contributed by atoms with van der Waals surface area (Å²) in [6.07, 6.45) is 0. The lowest BCUT2D eigenvalue weighted by Crippen LogP contribution is -2.27. The third kappa shape index (κ3) is 3.58. The SMILES string of the molecule is C[C@H](NC(=O)c1cc(-c2ccccc2)nc2ccccc12)c1ccccc1. The van der Waals surface area contributed by atoms with Gasteiger partial charge in [-0.3, -0.25) is 4.79 Å². The second kappa shape index (κ2) is 7.42. The number of fused-ring (bicyclic) bond motifs is 1. The molecule has 0 aliphatic rings. The van der Waals surface area contributed by atoms with Crippen LogP contribution in [0.2, 0.25) is 0 Å². The van der Waals surface area contributed by atoms with E-state index in [0.29, 0.717) is 5.56 Å². The Morgan fingerprint density at radius 2 is 1.48 bits per heavy atom. The molecule has 0 spiro atoms. The van der Waals surface area contributed by atoms with E-state index in [4.69, 9.17) is 4.98 Å². The van der Waals surface area contributed by atoms with Crippen molar-refractivity contribution in [2.24, 2.45) is 0 Å². The standard InChI is InChI=1S/C24H20N2O/c1-17(18-10-4-2-5-11-18)25-24(27)21-16-23(19-12-6-3-7-13-19)26-22-15-9-8-14-20(21)22/h2-17H,1H3,(H,25,27)/t17-/m0/s1. The third-order valence-corrected chi connectivity index (χ3v) is 4.68. The van der Waals surface area contributed by atoms with E-state index in [2.05, 4.69) is 5.32 Å². The van der Waals surface area contributed by atoms with E-state index >= 15 is 0 Å². The Hall–Kier alpha value is -3.46. The van der Waals surface area contributed by atoms with Gasteiger partial charge in [0.25, 0.3) is 5.91 Å². The van der Waals surface area contributed by atoms with Crippen LogP contribution < -0.4 is 5.32 Å². The van der Waals surface area contributed by atoms with Crippen molar-refractivity contribution in [3.05, 3.63) is 102 Å². The van der Waals surface area contributed by atoms with Crippen molar-refractivity contribution in [2.75, 3.05) is 0 Å². The van der Waals surface area contributed by atoms with Gasteiger partial charge in [0.05, 0.1) is 22.8 Å². The molecule has 1 atom stereocenters. The van der Waals surface area contributed by atoms with Crippen LogP contribution in [0.15, 0.2) is 91.0 Å². The van der Waals surface area contributed by atoms with Crippen LogP contribution in [-0.2, 0) is 0 Å². The summed E-state index contributed by atoms with van der Waals surface area (Å²) in [7, 11) is 0. The van der Waals surface area contributed by atoms with Gasteiger partial charge in [-0.05, 0) is 24.6 Å². The van der Waals surface area contributed by atoms with Crippen LogP contribution in [0.5, 0.6) is 0 Å². The highest BCUT2D eigenvalue weighted by atomic mass is 16.1. The second-order valence-corrected chi connectivity index (χ2v) is 6.54. The summed E-state index contributed by atoms with van der Waals surface area (Å²) in [6, 6.07) is 29.5. The van der Waals surface area contributed by atoms with Gasteiger partial charge >= 0.3 is 0 Å². The first kappa shape index (κ1) is 17.0. The van der Waals surface area contributed by atoms with Crippen molar-refractivity contribution in [1.82, 2.24) is 10.3 Å². The molecule has 27 heavy (non-hydrogen) atoms. The molecule has 0 saturated carbocycles. The topological polar surface area (TPSA) is 42.0 Å². The minimum absolute atomic E-state index is 0.0780. The van der Waals surface area contributed by atoms with Gasteiger partial charge in [0, 0.05) is 10.9 Å². The molecule has 0 aliphatic carbocycles. The van der Waals surface area contributed by atoms with Crippen molar-refractivity contribution in [1.29, 1.82) is 0 Å². The zero-order valence-electron chi connectivity index (χ0n) is 15.1. The molecule has 132 valence electrons. The van der Waals surface area contributed by atoms with Gasteiger partial charge in [-0.25, -0.2) is 4.98 Å². The zero-order chi connectivity index (χ0) is 18.6. The Labute approximate surface area is 158 Å². The zero-order valence-corrected chi connectivity index (χ0v) is 15.1. The predicted molar refractivity (Wildman–Crippen MR) is 110 cm³/mol. The predicted octanol–water partition coefficient (Wildman–Crippen LogP) is 5.39. The van der Waals surface area contributed by atoms with E-state index < -0.39 is 0 Å². The molecule has 0 unspecified atom stereocenters. The molecule has 0 bridgehead atoms. The quantitative estimate of drug-likeness (QED) is 0.535. The minimum atomic E-state index is -0.0952. The summed E-state index contributed by atoms with van der Waals surface area (Å²) in [4.78, 5) is 17.8. The van der Waals surface area contributed by atoms with Crippen molar-refractivity contribution in [2.45, 2.75) is 13.0 Å². The molecule has 1 aromatic heterocycles. The first-order valence-electron chi connectivity index (χ1n) is 9.03. The van der Waals surface area contributed by atoms with Gasteiger partial charge in [0.2, 0.25) is 0 Å². The maximum absolute atomic E-state index is 13.1. The maximum Gasteiger partial charge on any atom is 0.252 e. The number of carbonyl (C=O) groups is 1. The van der Waals surface area contributed by atoms with Gasteiger partial charge in [0.15, 0.2) is 0 Å². The van der Waals surface area contributed by atoms with Gasteiger partial charge in [-0.1, -0.05) is 78.9 Å². The molecule has 3 heteroatoms. The van der Waals surface area contributed by atoms with Crippen molar-refractivity contribution in [3.8, 4) is 11.3 Å². The number of benzene rings is 3. The average molecular weight is 352 g/mol. The monoisotopic (exact) mass is 352 g/mol. The van der Waals surface area contributed by atoms with Gasteiger partial charge in [-0.2, -0.15) is 0 Å². The fourth-order valence-corrected chi connectivity index (χ4v) is 3.22. The summed E-state index contributed by atoms with van der Waals surface area (Å²) in [5.41, 5.74) is 4.33. The number of amides is 1. The van der Waals surface area contributed by atoms with E-state index in [1.807, 2.05) is 97.9 Å². The molecule has 4 rings (SSSR count). The summed E-state index contributed by atoms with van der Waals surface area (Å²) in [6.45, 7) is 1.99. The minimum Gasteiger partial charge on any atom is -0.345 e. The number of aromatic nitrogens is 1. The van der Waals surface area contributed by atoms with E-state index in [1.165, 1.54) is 0 Å². The molecule has 1 heterocycles. The molecule has 1 N–H and O–H groups in total. The van der Waals surface area contributed by atoms with E-state index in [0.717, 1.165) is 27.7 Å². The van der Waals surface area contributed by atoms with E-state index in [9.17, 15) is 4.79 Å². The number of hydrogen-bond acceptors (Lipinski definition) is 2. The molecule has 0 fully saturated rings. The summed E-state index contributed by atoms with van der Waals surface area (Å²) in [5, 5.41) is 3.97. The molecule has 3 nitrogen and oxygen atoms in total. The number of nitrogens with zero attached hydrogens (tertiary/aromatic N) is 1. The maximum atomic E-state index is 13.1. The molecular weight excluding hydrogens is 332 g/mol. The molecule has 0 saturated heterocycles. The fourth-order valence-electron chi connectivity index (χ4n) is 3.22.